The molecule has 21 heavy (non-hydrogen) atoms. The number of carbonyl (C=O) groups is 1. The van der Waals surface area contributed by atoms with Crippen molar-refractivity contribution >= 4 is 11.7 Å². The summed E-state index contributed by atoms with van der Waals surface area (Å²) in [5, 5.41) is 9.35. The Bertz CT molecular complexity index is 582. The number of esters is 1. The molecule has 1 heterocycles. The molecular formula is C17H20N2O2. The van der Waals surface area contributed by atoms with Gasteiger partial charge in [-0.1, -0.05) is 17.7 Å². The van der Waals surface area contributed by atoms with E-state index in [0.717, 1.165) is 37.2 Å². The SMILES string of the molecule is CCOC(=O)/C(C#N)=C1/CCCCN1c1ccc(C)cc1. The van der Waals surface area contributed by atoms with Gasteiger partial charge in [0, 0.05) is 17.9 Å². The Balaban J connectivity index is 2.40. The second-order valence-electron chi connectivity index (χ2n) is 5.10. The molecule has 0 aliphatic carbocycles. The predicted octanol–water partition coefficient (Wildman–Crippen LogP) is 3.33. The van der Waals surface area contributed by atoms with Crippen LogP contribution < -0.4 is 4.90 Å². The van der Waals surface area contributed by atoms with Crippen molar-refractivity contribution in [3.8, 4) is 6.07 Å². The van der Waals surface area contributed by atoms with Gasteiger partial charge in [0.15, 0.2) is 5.57 Å². The third-order valence-electron chi connectivity index (χ3n) is 3.60. The summed E-state index contributed by atoms with van der Waals surface area (Å²) in [6.07, 6.45) is 2.77. The van der Waals surface area contributed by atoms with E-state index in [1.807, 2.05) is 37.3 Å². The van der Waals surface area contributed by atoms with Gasteiger partial charge in [0.25, 0.3) is 0 Å². The second kappa shape index (κ2) is 6.94. The monoisotopic (exact) mass is 284 g/mol. The van der Waals surface area contributed by atoms with E-state index in [-0.39, 0.29) is 12.2 Å². The van der Waals surface area contributed by atoms with Crippen LogP contribution in [0.2, 0.25) is 0 Å². The lowest BCUT2D eigenvalue weighted by atomic mass is 10.0. The van der Waals surface area contributed by atoms with Crippen molar-refractivity contribution in [2.24, 2.45) is 0 Å². The predicted molar refractivity (Wildman–Crippen MR) is 81.6 cm³/mol. The van der Waals surface area contributed by atoms with Gasteiger partial charge < -0.3 is 9.64 Å². The highest BCUT2D eigenvalue weighted by atomic mass is 16.5. The fraction of sp³-hybridized carbons (Fsp3) is 0.412. The molecule has 0 radical (unpaired) electrons. The van der Waals surface area contributed by atoms with E-state index < -0.39 is 5.97 Å². The molecule has 0 N–H and O–H groups in total. The molecule has 1 aromatic carbocycles. The Labute approximate surface area is 125 Å². The number of ether oxygens (including phenoxy) is 1. The van der Waals surface area contributed by atoms with Crippen molar-refractivity contribution in [1.82, 2.24) is 0 Å². The molecule has 1 aliphatic rings. The molecule has 0 unspecified atom stereocenters. The standard InChI is InChI=1S/C17H20N2O2/c1-3-21-17(20)15(12-18)16-6-4-5-11-19(16)14-9-7-13(2)8-10-14/h7-10H,3-6,11H2,1-2H3/b16-15-. The van der Waals surface area contributed by atoms with Gasteiger partial charge in [-0.05, 0) is 45.2 Å². The Hall–Kier alpha value is -2.28. The largest absolute Gasteiger partial charge is 0.462 e. The number of benzene rings is 1. The van der Waals surface area contributed by atoms with Crippen molar-refractivity contribution in [1.29, 1.82) is 5.26 Å². The van der Waals surface area contributed by atoms with Crippen LogP contribution in [0.4, 0.5) is 5.69 Å². The van der Waals surface area contributed by atoms with Crippen molar-refractivity contribution in [3.05, 3.63) is 41.1 Å². The lowest BCUT2D eigenvalue weighted by Crippen LogP contribution is -2.30. The van der Waals surface area contributed by atoms with Crippen molar-refractivity contribution in [2.75, 3.05) is 18.1 Å². The number of rotatable bonds is 3. The number of allylic oxidation sites excluding steroid dienone is 1. The molecule has 0 bridgehead atoms. The number of hydrogen-bond donors (Lipinski definition) is 0. The normalized spacial score (nSPS) is 17.1. The van der Waals surface area contributed by atoms with Crippen LogP contribution in [0.1, 0.15) is 31.7 Å². The van der Waals surface area contributed by atoms with Crippen molar-refractivity contribution in [3.63, 3.8) is 0 Å². The Morgan fingerprint density at radius 2 is 2.05 bits per heavy atom. The molecular weight excluding hydrogens is 264 g/mol. The van der Waals surface area contributed by atoms with Gasteiger partial charge in [0.05, 0.1) is 6.61 Å². The summed E-state index contributed by atoms with van der Waals surface area (Å²) in [5.41, 5.74) is 3.13. The number of nitrogens with zero attached hydrogens (tertiary/aromatic N) is 2. The third-order valence-corrected chi connectivity index (χ3v) is 3.60. The fourth-order valence-corrected chi connectivity index (χ4v) is 2.53. The Morgan fingerprint density at radius 1 is 1.33 bits per heavy atom. The molecule has 1 aliphatic heterocycles. The third kappa shape index (κ3) is 3.43. The van der Waals surface area contributed by atoms with E-state index in [0.29, 0.717) is 0 Å². The molecule has 110 valence electrons. The number of piperidine rings is 1. The quantitative estimate of drug-likeness (QED) is 0.485. The Morgan fingerprint density at radius 3 is 2.67 bits per heavy atom. The summed E-state index contributed by atoms with van der Waals surface area (Å²) in [4.78, 5) is 14.0. The summed E-state index contributed by atoms with van der Waals surface area (Å²) in [6, 6.07) is 10.2. The fourth-order valence-electron chi connectivity index (χ4n) is 2.53. The van der Waals surface area contributed by atoms with Gasteiger partial charge in [-0.15, -0.1) is 0 Å². The highest BCUT2D eigenvalue weighted by Gasteiger charge is 2.24. The summed E-state index contributed by atoms with van der Waals surface area (Å²) in [6.45, 7) is 4.89. The van der Waals surface area contributed by atoms with Crippen LogP contribution >= 0.6 is 0 Å². The number of hydrogen-bond acceptors (Lipinski definition) is 4. The van der Waals surface area contributed by atoms with Crippen molar-refractivity contribution in [2.45, 2.75) is 33.1 Å². The first-order valence-corrected chi connectivity index (χ1v) is 7.32. The zero-order valence-corrected chi connectivity index (χ0v) is 12.6. The van der Waals surface area contributed by atoms with Gasteiger partial charge >= 0.3 is 5.97 Å². The second-order valence-corrected chi connectivity index (χ2v) is 5.10. The molecule has 4 heteroatoms. The lowest BCUT2D eigenvalue weighted by molar-refractivity contribution is -0.138. The first kappa shape index (κ1) is 15.1. The zero-order chi connectivity index (χ0) is 15.2. The molecule has 0 atom stereocenters. The minimum atomic E-state index is -0.519. The lowest BCUT2D eigenvalue weighted by Gasteiger charge is -2.32. The molecule has 0 spiro atoms. The molecule has 4 nitrogen and oxygen atoms in total. The summed E-state index contributed by atoms with van der Waals surface area (Å²) in [7, 11) is 0. The maximum Gasteiger partial charge on any atom is 0.350 e. The van der Waals surface area contributed by atoms with Crippen molar-refractivity contribution < 1.29 is 9.53 Å². The summed E-state index contributed by atoms with van der Waals surface area (Å²) < 4.78 is 5.01. The van der Waals surface area contributed by atoms with Gasteiger partial charge in [0.1, 0.15) is 6.07 Å². The Kier molecular flexibility index (Phi) is 4.99. The smallest absolute Gasteiger partial charge is 0.350 e. The topological polar surface area (TPSA) is 53.3 Å². The number of carbonyl (C=O) groups excluding carboxylic acids is 1. The van der Waals surface area contributed by atoms with Crippen LogP contribution in [-0.2, 0) is 9.53 Å². The first-order chi connectivity index (χ1) is 10.2. The van der Waals surface area contributed by atoms with Crippen LogP contribution in [0.15, 0.2) is 35.5 Å². The van der Waals surface area contributed by atoms with Gasteiger partial charge in [-0.2, -0.15) is 5.26 Å². The molecule has 0 amide bonds. The summed E-state index contributed by atoms with van der Waals surface area (Å²) in [5.74, 6) is -0.519. The van der Waals surface area contributed by atoms with Crippen LogP contribution in [-0.4, -0.2) is 19.1 Å². The number of aryl methyl sites for hydroxylation is 1. The first-order valence-electron chi connectivity index (χ1n) is 7.32. The van der Waals surface area contributed by atoms with Crippen LogP contribution in [0.3, 0.4) is 0 Å². The molecule has 0 saturated carbocycles. The highest BCUT2D eigenvalue weighted by Crippen LogP contribution is 2.30. The van der Waals surface area contributed by atoms with Gasteiger partial charge in [-0.25, -0.2) is 4.79 Å². The van der Waals surface area contributed by atoms with E-state index in [1.165, 1.54) is 5.56 Å². The number of nitriles is 1. The van der Waals surface area contributed by atoms with Gasteiger partial charge in [-0.3, -0.25) is 0 Å². The minimum Gasteiger partial charge on any atom is -0.462 e. The summed E-state index contributed by atoms with van der Waals surface area (Å²) >= 11 is 0. The molecule has 1 saturated heterocycles. The molecule has 1 aromatic rings. The van der Waals surface area contributed by atoms with E-state index in [1.54, 1.807) is 6.92 Å². The van der Waals surface area contributed by atoms with Crippen LogP contribution in [0.25, 0.3) is 0 Å². The average molecular weight is 284 g/mol. The zero-order valence-electron chi connectivity index (χ0n) is 12.6. The van der Waals surface area contributed by atoms with E-state index in [4.69, 9.17) is 4.74 Å². The number of anilines is 1. The van der Waals surface area contributed by atoms with E-state index >= 15 is 0 Å². The minimum absolute atomic E-state index is 0.136. The van der Waals surface area contributed by atoms with E-state index in [2.05, 4.69) is 4.90 Å². The maximum atomic E-state index is 12.0. The molecule has 1 fully saturated rings. The average Bonchev–Trinajstić information content (AvgIpc) is 2.50. The highest BCUT2D eigenvalue weighted by molar-refractivity contribution is 5.94. The van der Waals surface area contributed by atoms with Gasteiger partial charge in [0.2, 0.25) is 0 Å². The maximum absolute atomic E-state index is 12.0. The molecule has 2 rings (SSSR count). The van der Waals surface area contributed by atoms with E-state index in [9.17, 15) is 10.1 Å². The van der Waals surface area contributed by atoms with Crippen LogP contribution in [0.5, 0.6) is 0 Å². The molecule has 0 aromatic heterocycles. The van der Waals surface area contributed by atoms with Crippen LogP contribution in [0, 0.1) is 18.3 Å².